The molecule has 18 heavy (non-hydrogen) atoms. The summed E-state index contributed by atoms with van der Waals surface area (Å²) in [6.07, 6.45) is 3.75. The zero-order valence-corrected chi connectivity index (χ0v) is 13.1. The average Bonchev–Trinajstić information content (AvgIpc) is 2.77. The van der Waals surface area contributed by atoms with Crippen LogP contribution in [0.2, 0.25) is 0 Å². The van der Waals surface area contributed by atoms with E-state index in [1.54, 1.807) is 0 Å². The standard InChI is InChI=1S/C15H28N2S/c1-5-7-13(3)17(4)12-15-9-8-14(18-15)11-16-10-6-2/h8-9,13,16H,5-7,10-12H2,1-4H3. The molecule has 1 aromatic heterocycles. The summed E-state index contributed by atoms with van der Waals surface area (Å²) in [6.45, 7) is 10.00. The van der Waals surface area contributed by atoms with Crippen LogP contribution in [0, 0.1) is 0 Å². The second-order valence-electron chi connectivity index (χ2n) is 5.10. The average molecular weight is 268 g/mol. The molecule has 1 rings (SSSR count). The maximum Gasteiger partial charge on any atom is 0.0327 e. The first-order valence-corrected chi connectivity index (χ1v) is 7.97. The Morgan fingerprint density at radius 2 is 1.94 bits per heavy atom. The molecule has 0 aliphatic carbocycles. The summed E-state index contributed by atoms with van der Waals surface area (Å²) in [6, 6.07) is 5.22. The SMILES string of the molecule is CCCNCc1ccc(CN(C)C(C)CCC)s1. The van der Waals surface area contributed by atoms with Crippen molar-refractivity contribution in [2.45, 2.75) is 59.2 Å². The first-order chi connectivity index (χ1) is 8.67. The summed E-state index contributed by atoms with van der Waals surface area (Å²) in [7, 11) is 2.23. The zero-order chi connectivity index (χ0) is 13.4. The summed E-state index contributed by atoms with van der Waals surface area (Å²) in [5.74, 6) is 0. The summed E-state index contributed by atoms with van der Waals surface area (Å²) >= 11 is 1.94. The van der Waals surface area contributed by atoms with Crippen LogP contribution < -0.4 is 5.32 Å². The number of nitrogens with one attached hydrogen (secondary N) is 1. The lowest BCUT2D eigenvalue weighted by molar-refractivity contribution is 0.239. The highest BCUT2D eigenvalue weighted by Gasteiger charge is 2.09. The Hall–Kier alpha value is -0.380. The maximum absolute atomic E-state index is 3.46. The summed E-state index contributed by atoms with van der Waals surface area (Å²) in [5, 5.41) is 3.46. The van der Waals surface area contributed by atoms with Gasteiger partial charge < -0.3 is 5.32 Å². The molecule has 0 saturated heterocycles. The minimum absolute atomic E-state index is 0.679. The van der Waals surface area contributed by atoms with Crippen molar-refractivity contribution < 1.29 is 0 Å². The monoisotopic (exact) mass is 268 g/mol. The first kappa shape index (κ1) is 15.7. The van der Waals surface area contributed by atoms with Crippen molar-refractivity contribution in [1.29, 1.82) is 0 Å². The Morgan fingerprint density at radius 3 is 2.61 bits per heavy atom. The summed E-state index contributed by atoms with van der Waals surface area (Å²) in [5.41, 5.74) is 0. The van der Waals surface area contributed by atoms with Gasteiger partial charge in [0.05, 0.1) is 0 Å². The van der Waals surface area contributed by atoms with E-state index in [0.29, 0.717) is 6.04 Å². The normalized spacial score (nSPS) is 13.2. The van der Waals surface area contributed by atoms with E-state index in [1.165, 1.54) is 29.0 Å². The summed E-state index contributed by atoms with van der Waals surface area (Å²) < 4.78 is 0. The van der Waals surface area contributed by atoms with Crippen LogP contribution in [-0.2, 0) is 13.1 Å². The molecule has 1 heterocycles. The molecule has 104 valence electrons. The Balaban J connectivity index is 2.38. The van der Waals surface area contributed by atoms with Gasteiger partial charge in [0.1, 0.15) is 0 Å². The van der Waals surface area contributed by atoms with Gasteiger partial charge in [-0.25, -0.2) is 0 Å². The molecule has 0 radical (unpaired) electrons. The Kier molecular flexibility index (Phi) is 7.56. The van der Waals surface area contributed by atoms with E-state index in [0.717, 1.165) is 19.6 Å². The minimum atomic E-state index is 0.679. The van der Waals surface area contributed by atoms with Crippen molar-refractivity contribution in [3.8, 4) is 0 Å². The topological polar surface area (TPSA) is 15.3 Å². The zero-order valence-electron chi connectivity index (χ0n) is 12.3. The van der Waals surface area contributed by atoms with Crippen molar-refractivity contribution in [2.75, 3.05) is 13.6 Å². The molecule has 0 aliphatic rings. The quantitative estimate of drug-likeness (QED) is 0.684. The van der Waals surface area contributed by atoms with E-state index < -0.39 is 0 Å². The van der Waals surface area contributed by atoms with Crippen molar-refractivity contribution in [1.82, 2.24) is 10.2 Å². The number of hydrogen-bond acceptors (Lipinski definition) is 3. The van der Waals surface area contributed by atoms with E-state index in [9.17, 15) is 0 Å². The molecule has 0 fully saturated rings. The van der Waals surface area contributed by atoms with Gasteiger partial charge in [-0.05, 0) is 45.5 Å². The molecule has 0 saturated carbocycles. The summed E-state index contributed by atoms with van der Waals surface area (Å²) in [4.78, 5) is 5.39. The number of nitrogens with zero attached hydrogens (tertiary/aromatic N) is 1. The van der Waals surface area contributed by atoms with Crippen molar-refractivity contribution >= 4 is 11.3 Å². The predicted molar refractivity (Wildman–Crippen MR) is 82.2 cm³/mol. The molecule has 0 amide bonds. The van der Waals surface area contributed by atoms with E-state index in [1.807, 2.05) is 11.3 Å². The van der Waals surface area contributed by atoms with E-state index in [4.69, 9.17) is 0 Å². The second-order valence-corrected chi connectivity index (χ2v) is 6.35. The largest absolute Gasteiger partial charge is 0.312 e. The van der Waals surface area contributed by atoms with E-state index in [-0.39, 0.29) is 0 Å². The Bertz CT molecular complexity index is 322. The third kappa shape index (κ3) is 5.51. The molecule has 0 bridgehead atoms. The molecular formula is C15H28N2S. The third-order valence-corrected chi connectivity index (χ3v) is 4.38. The van der Waals surface area contributed by atoms with Gasteiger partial charge in [0.15, 0.2) is 0 Å². The van der Waals surface area contributed by atoms with Gasteiger partial charge in [-0.2, -0.15) is 0 Å². The van der Waals surface area contributed by atoms with E-state index in [2.05, 4.69) is 50.2 Å². The second kappa shape index (κ2) is 8.68. The fraction of sp³-hybridized carbons (Fsp3) is 0.733. The van der Waals surface area contributed by atoms with Gasteiger partial charge in [0.2, 0.25) is 0 Å². The highest BCUT2D eigenvalue weighted by molar-refractivity contribution is 7.11. The maximum atomic E-state index is 3.46. The lowest BCUT2D eigenvalue weighted by atomic mass is 10.2. The van der Waals surface area contributed by atoms with Gasteiger partial charge >= 0.3 is 0 Å². The molecule has 1 unspecified atom stereocenters. The number of rotatable bonds is 9. The molecule has 2 nitrogen and oxygen atoms in total. The van der Waals surface area contributed by atoms with Gasteiger partial charge in [0, 0.05) is 28.9 Å². The molecule has 0 aromatic carbocycles. The highest BCUT2D eigenvalue weighted by atomic mass is 32.1. The van der Waals surface area contributed by atoms with Crippen LogP contribution in [0.25, 0.3) is 0 Å². The smallest absolute Gasteiger partial charge is 0.0327 e. The molecule has 0 spiro atoms. The minimum Gasteiger partial charge on any atom is -0.312 e. The van der Waals surface area contributed by atoms with Crippen LogP contribution in [0.15, 0.2) is 12.1 Å². The van der Waals surface area contributed by atoms with Crippen LogP contribution >= 0.6 is 11.3 Å². The van der Waals surface area contributed by atoms with Gasteiger partial charge in [-0.3, -0.25) is 4.90 Å². The first-order valence-electron chi connectivity index (χ1n) is 7.15. The van der Waals surface area contributed by atoms with Gasteiger partial charge in [-0.1, -0.05) is 20.3 Å². The lowest BCUT2D eigenvalue weighted by Gasteiger charge is -2.23. The van der Waals surface area contributed by atoms with Gasteiger partial charge in [-0.15, -0.1) is 11.3 Å². The number of thiophene rings is 1. The number of hydrogen-bond donors (Lipinski definition) is 1. The van der Waals surface area contributed by atoms with Crippen LogP contribution in [-0.4, -0.2) is 24.5 Å². The molecule has 0 aliphatic heterocycles. The Morgan fingerprint density at radius 1 is 1.22 bits per heavy atom. The van der Waals surface area contributed by atoms with Crippen molar-refractivity contribution in [3.63, 3.8) is 0 Å². The highest BCUT2D eigenvalue weighted by Crippen LogP contribution is 2.19. The van der Waals surface area contributed by atoms with Crippen LogP contribution in [0.5, 0.6) is 0 Å². The molecule has 1 atom stereocenters. The Labute approximate surface area is 116 Å². The van der Waals surface area contributed by atoms with Crippen LogP contribution in [0.4, 0.5) is 0 Å². The van der Waals surface area contributed by atoms with Crippen molar-refractivity contribution in [2.24, 2.45) is 0 Å². The lowest BCUT2D eigenvalue weighted by Crippen LogP contribution is -2.27. The van der Waals surface area contributed by atoms with E-state index >= 15 is 0 Å². The van der Waals surface area contributed by atoms with Crippen LogP contribution in [0.3, 0.4) is 0 Å². The fourth-order valence-corrected chi connectivity index (χ4v) is 3.08. The molecule has 1 aromatic rings. The molecular weight excluding hydrogens is 240 g/mol. The van der Waals surface area contributed by atoms with Gasteiger partial charge in [0.25, 0.3) is 0 Å². The predicted octanol–water partition coefficient (Wildman–Crippen LogP) is 3.87. The van der Waals surface area contributed by atoms with Crippen LogP contribution in [0.1, 0.15) is 49.8 Å². The third-order valence-electron chi connectivity index (χ3n) is 3.31. The van der Waals surface area contributed by atoms with Crippen molar-refractivity contribution in [3.05, 3.63) is 21.9 Å². The molecule has 3 heteroatoms. The fourth-order valence-electron chi connectivity index (χ4n) is 2.03. The molecule has 1 N–H and O–H groups in total.